The second-order valence-corrected chi connectivity index (χ2v) is 7.75. The molecule has 1 N–H and O–H groups in total. The molecule has 0 spiro atoms. The maximum absolute atomic E-state index is 10.8. The van der Waals surface area contributed by atoms with Crippen LogP contribution in [0, 0.1) is 0 Å². The highest BCUT2D eigenvalue weighted by molar-refractivity contribution is 5.86. The quantitative estimate of drug-likeness (QED) is 0.370. The van der Waals surface area contributed by atoms with E-state index < -0.39 is 0 Å². The number of hydrogen-bond donors (Lipinski definition) is 1. The molecule has 6 nitrogen and oxygen atoms in total. The van der Waals surface area contributed by atoms with E-state index in [1.54, 1.807) is 18.7 Å². The Labute approximate surface area is 196 Å². The topological polar surface area (TPSA) is 72.9 Å². The average Bonchev–Trinajstić information content (AvgIpc) is 3.53. The van der Waals surface area contributed by atoms with Crippen LogP contribution in [-0.2, 0) is 6.61 Å². The van der Waals surface area contributed by atoms with Crippen LogP contribution in [0.3, 0.4) is 0 Å². The van der Waals surface area contributed by atoms with Gasteiger partial charge in [-0.15, -0.1) is 0 Å². The summed E-state index contributed by atoms with van der Waals surface area (Å²) in [5.74, 6) is 0. The van der Waals surface area contributed by atoms with Gasteiger partial charge in [0, 0.05) is 16.9 Å². The van der Waals surface area contributed by atoms with Crippen LogP contribution in [0.25, 0.3) is 33.4 Å². The number of benzene rings is 4. The van der Waals surface area contributed by atoms with Crippen LogP contribution in [0.15, 0.2) is 110 Å². The Balaban J connectivity index is 0.000000142. The lowest BCUT2D eigenvalue weighted by Gasteiger charge is -2.04. The number of aliphatic hydroxyl groups excluding tert-OH is 1. The second kappa shape index (κ2) is 9.52. The van der Waals surface area contributed by atoms with Crippen molar-refractivity contribution in [1.29, 1.82) is 0 Å². The molecular weight excluding hydrogens is 424 g/mol. The normalized spacial score (nSPS) is 10.7. The summed E-state index contributed by atoms with van der Waals surface area (Å²) in [5, 5.41) is 9.17. The smallest absolute Gasteiger partial charge is 0.150 e. The van der Waals surface area contributed by atoms with Gasteiger partial charge < -0.3 is 5.11 Å². The van der Waals surface area contributed by atoms with Crippen molar-refractivity contribution in [2.75, 3.05) is 0 Å². The van der Waals surface area contributed by atoms with Gasteiger partial charge in [-0.1, -0.05) is 42.5 Å². The monoisotopic (exact) mass is 446 g/mol. The Morgan fingerprint density at radius 2 is 1.21 bits per heavy atom. The summed E-state index contributed by atoms with van der Waals surface area (Å²) in [6.45, 7) is 0.0515. The van der Waals surface area contributed by atoms with E-state index >= 15 is 0 Å². The number of nitrogens with zero attached hydrogens (tertiary/aromatic N) is 4. The fourth-order valence-corrected chi connectivity index (χ4v) is 3.84. The van der Waals surface area contributed by atoms with E-state index in [9.17, 15) is 4.79 Å². The van der Waals surface area contributed by atoms with Gasteiger partial charge in [0.15, 0.2) is 0 Å². The minimum absolute atomic E-state index is 0.0515. The van der Waals surface area contributed by atoms with E-state index in [0.29, 0.717) is 5.56 Å². The van der Waals surface area contributed by atoms with Crippen LogP contribution in [0.4, 0.5) is 0 Å². The summed E-state index contributed by atoms with van der Waals surface area (Å²) in [5.41, 5.74) is 7.46. The molecule has 0 saturated heterocycles. The molecule has 166 valence electrons. The van der Waals surface area contributed by atoms with E-state index in [1.165, 1.54) is 0 Å². The highest BCUT2D eigenvalue weighted by atomic mass is 16.3. The first kappa shape index (κ1) is 21.3. The molecule has 6 heteroatoms. The van der Waals surface area contributed by atoms with E-state index in [1.807, 2.05) is 100 Å². The molecule has 0 radical (unpaired) electrons. The predicted molar refractivity (Wildman–Crippen MR) is 133 cm³/mol. The molecule has 0 aliphatic rings. The van der Waals surface area contributed by atoms with Crippen LogP contribution < -0.4 is 0 Å². The third kappa shape index (κ3) is 4.22. The molecule has 0 amide bonds. The SMILES string of the molecule is O=Cc1ccc2ncn(-c3ccccc3)c2c1.OCc1ccc2ncn(-c3ccccc3)c2c1. The maximum Gasteiger partial charge on any atom is 0.150 e. The largest absolute Gasteiger partial charge is 0.392 e. The first-order valence-electron chi connectivity index (χ1n) is 10.9. The number of aromatic nitrogens is 4. The summed E-state index contributed by atoms with van der Waals surface area (Å²) in [6.07, 6.45) is 4.43. The fourth-order valence-electron chi connectivity index (χ4n) is 3.84. The summed E-state index contributed by atoms with van der Waals surface area (Å²) in [6, 6.07) is 31.3. The van der Waals surface area contributed by atoms with Gasteiger partial charge in [0.1, 0.15) is 18.9 Å². The number of para-hydroxylation sites is 2. The number of carbonyl (C=O) groups is 1. The van der Waals surface area contributed by atoms with Crippen LogP contribution in [0.1, 0.15) is 15.9 Å². The molecular formula is C28H22N4O2. The first-order chi connectivity index (χ1) is 16.8. The Morgan fingerprint density at radius 1 is 0.676 bits per heavy atom. The Hall–Kier alpha value is -4.55. The summed E-state index contributed by atoms with van der Waals surface area (Å²) >= 11 is 0. The summed E-state index contributed by atoms with van der Waals surface area (Å²) in [7, 11) is 0. The van der Waals surface area contributed by atoms with Crippen molar-refractivity contribution >= 4 is 28.4 Å². The van der Waals surface area contributed by atoms with Crippen LogP contribution >= 0.6 is 0 Å². The second-order valence-electron chi connectivity index (χ2n) is 7.75. The lowest BCUT2D eigenvalue weighted by Crippen LogP contribution is -1.92. The minimum atomic E-state index is 0.0515. The van der Waals surface area contributed by atoms with Gasteiger partial charge in [-0.05, 0) is 60.2 Å². The number of rotatable bonds is 4. The van der Waals surface area contributed by atoms with Crippen molar-refractivity contribution in [3.63, 3.8) is 0 Å². The molecule has 0 aliphatic heterocycles. The molecule has 0 bridgehead atoms. The molecule has 0 atom stereocenters. The average molecular weight is 447 g/mol. The van der Waals surface area contributed by atoms with E-state index in [2.05, 4.69) is 9.97 Å². The first-order valence-corrected chi connectivity index (χ1v) is 10.9. The van der Waals surface area contributed by atoms with Crippen molar-refractivity contribution in [1.82, 2.24) is 19.1 Å². The molecule has 6 aromatic rings. The summed E-state index contributed by atoms with van der Waals surface area (Å²) < 4.78 is 4.00. The molecule has 0 unspecified atom stereocenters. The third-order valence-corrected chi connectivity index (χ3v) is 5.57. The fraction of sp³-hybridized carbons (Fsp3) is 0.0357. The van der Waals surface area contributed by atoms with Crippen molar-refractivity contribution in [2.24, 2.45) is 0 Å². The molecule has 2 aromatic heterocycles. The van der Waals surface area contributed by atoms with Gasteiger partial charge in [-0.25, -0.2) is 9.97 Å². The summed E-state index contributed by atoms with van der Waals surface area (Å²) in [4.78, 5) is 19.5. The van der Waals surface area contributed by atoms with E-state index in [0.717, 1.165) is 45.3 Å². The van der Waals surface area contributed by atoms with Gasteiger partial charge in [0.05, 0.1) is 28.7 Å². The van der Waals surface area contributed by atoms with Crippen molar-refractivity contribution < 1.29 is 9.90 Å². The molecule has 0 fully saturated rings. The zero-order valence-electron chi connectivity index (χ0n) is 18.3. The van der Waals surface area contributed by atoms with Gasteiger partial charge in [-0.2, -0.15) is 0 Å². The van der Waals surface area contributed by atoms with Gasteiger partial charge in [0.2, 0.25) is 0 Å². The Bertz CT molecular complexity index is 1550. The Kier molecular flexibility index (Phi) is 5.97. The highest BCUT2D eigenvalue weighted by Gasteiger charge is 2.06. The molecule has 34 heavy (non-hydrogen) atoms. The molecule has 6 rings (SSSR count). The molecule has 0 aliphatic carbocycles. The number of aldehydes is 1. The number of hydrogen-bond acceptors (Lipinski definition) is 4. The number of aliphatic hydroxyl groups is 1. The number of fused-ring (bicyclic) bond motifs is 2. The lowest BCUT2D eigenvalue weighted by molar-refractivity contribution is 0.112. The van der Waals surface area contributed by atoms with E-state index in [-0.39, 0.29) is 6.61 Å². The van der Waals surface area contributed by atoms with Crippen LogP contribution in [0.2, 0.25) is 0 Å². The number of imidazole rings is 2. The van der Waals surface area contributed by atoms with Crippen molar-refractivity contribution in [3.8, 4) is 11.4 Å². The van der Waals surface area contributed by atoms with Gasteiger partial charge in [-0.3, -0.25) is 13.9 Å². The molecule has 4 aromatic carbocycles. The van der Waals surface area contributed by atoms with Crippen LogP contribution in [-0.4, -0.2) is 30.5 Å². The zero-order chi connectivity index (χ0) is 23.3. The third-order valence-electron chi connectivity index (χ3n) is 5.57. The predicted octanol–water partition coefficient (Wildman–Crippen LogP) is 5.36. The maximum atomic E-state index is 10.8. The molecule has 0 saturated carbocycles. The van der Waals surface area contributed by atoms with E-state index in [4.69, 9.17) is 5.11 Å². The lowest BCUT2D eigenvalue weighted by atomic mass is 10.2. The Morgan fingerprint density at radius 3 is 1.74 bits per heavy atom. The molecule has 2 heterocycles. The van der Waals surface area contributed by atoms with Gasteiger partial charge in [0.25, 0.3) is 0 Å². The van der Waals surface area contributed by atoms with Crippen molar-refractivity contribution in [2.45, 2.75) is 6.61 Å². The van der Waals surface area contributed by atoms with Gasteiger partial charge >= 0.3 is 0 Å². The van der Waals surface area contributed by atoms with Crippen molar-refractivity contribution in [3.05, 3.63) is 121 Å². The minimum Gasteiger partial charge on any atom is -0.392 e. The standard InChI is InChI=1S/C14H12N2O.C14H10N2O/c2*17-9-11-6-7-13-14(8-11)16(10-15-13)12-4-2-1-3-5-12/h1-8,10,17H,9H2;1-10H. The number of carbonyl (C=O) groups excluding carboxylic acids is 1. The van der Waals surface area contributed by atoms with Crippen LogP contribution in [0.5, 0.6) is 0 Å². The zero-order valence-corrected chi connectivity index (χ0v) is 18.3. The highest BCUT2D eigenvalue weighted by Crippen LogP contribution is 2.20.